The predicted octanol–water partition coefficient (Wildman–Crippen LogP) is 9.18. The number of carboxylic acid groups (broad SMARTS) is 1. The Balaban J connectivity index is 1.65. The summed E-state index contributed by atoms with van der Waals surface area (Å²) in [6.07, 6.45) is -9.49. The summed E-state index contributed by atoms with van der Waals surface area (Å²) in [6, 6.07) is 18.6. The van der Waals surface area contributed by atoms with Gasteiger partial charge >= 0.3 is 18.5 Å². The molecule has 0 aromatic heterocycles. The Morgan fingerprint density at radius 3 is 2.07 bits per heavy atom. The fraction of sp³-hybridized carbons (Fsp3) is 0.167. The summed E-state index contributed by atoms with van der Waals surface area (Å²) < 4.78 is 95.4. The normalized spacial score (nSPS) is 11.7. The molecule has 4 aromatic rings. The molecule has 0 atom stereocenters. The Morgan fingerprint density at radius 1 is 0.732 bits per heavy atom. The molecule has 0 aliphatic carbocycles. The quantitative estimate of drug-likeness (QED) is 0.201. The molecule has 41 heavy (non-hydrogen) atoms. The lowest BCUT2D eigenvalue weighted by Gasteiger charge is -2.18. The first-order valence-electron chi connectivity index (χ1n) is 12.1. The average Bonchev–Trinajstić information content (AvgIpc) is 2.87. The topological polar surface area (TPSA) is 65.0 Å². The van der Waals surface area contributed by atoms with Gasteiger partial charge < -0.3 is 19.3 Å². The summed E-state index contributed by atoms with van der Waals surface area (Å²) in [5.41, 5.74) is 0.0722. The van der Waals surface area contributed by atoms with Gasteiger partial charge in [-0.25, -0.2) is 0 Å². The highest BCUT2D eigenvalue weighted by Gasteiger charge is 2.34. The van der Waals surface area contributed by atoms with Crippen LogP contribution in [0.25, 0.3) is 11.1 Å². The highest BCUT2D eigenvalue weighted by molar-refractivity contribution is 5.77. The molecule has 4 rings (SSSR count). The molecule has 0 unspecified atom stereocenters. The van der Waals surface area contributed by atoms with Crippen LogP contribution in [0, 0.1) is 6.92 Å². The van der Waals surface area contributed by atoms with Crippen molar-refractivity contribution in [2.45, 2.75) is 32.3 Å². The number of halogens is 6. The van der Waals surface area contributed by atoms with E-state index in [4.69, 9.17) is 14.6 Å². The van der Waals surface area contributed by atoms with E-state index in [-0.39, 0.29) is 29.0 Å². The number of para-hydroxylation sites is 1. The highest BCUT2D eigenvalue weighted by Crippen LogP contribution is 2.43. The molecule has 0 saturated heterocycles. The summed E-state index contributed by atoms with van der Waals surface area (Å²) in [6.45, 7) is 1.82. The van der Waals surface area contributed by atoms with Crippen LogP contribution in [0.15, 0.2) is 84.9 Å². The first-order valence-corrected chi connectivity index (χ1v) is 12.1. The van der Waals surface area contributed by atoms with Crippen LogP contribution in [0.3, 0.4) is 0 Å². The number of aryl methyl sites for hydroxylation is 2. The number of carboxylic acids is 1. The Labute approximate surface area is 230 Å². The lowest BCUT2D eigenvalue weighted by atomic mass is 10.0. The van der Waals surface area contributed by atoms with Crippen LogP contribution >= 0.6 is 0 Å². The number of aliphatic carboxylic acids is 1. The molecule has 4 aromatic carbocycles. The Morgan fingerprint density at radius 2 is 1.41 bits per heavy atom. The lowest BCUT2D eigenvalue weighted by Crippen LogP contribution is -2.17. The molecule has 0 fully saturated rings. The Bertz CT molecular complexity index is 1550. The molecular weight excluding hydrogens is 554 g/mol. The SMILES string of the molecule is Cc1cc(Oc2cccc(Oc3ccc(C(F)(F)F)cc3-c3ccccc3OC(F)(F)F)c2)ccc1CCC(=O)O. The molecule has 0 amide bonds. The van der Waals surface area contributed by atoms with Gasteiger partial charge in [-0.3, -0.25) is 4.79 Å². The standard InChI is InChI=1S/C30H22F6O5/c1-18-15-23(12-9-19(18)10-14-28(37)38)39-21-5-4-6-22(17-21)40-26-13-11-20(29(31,32)33)16-25(26)24-7-2-3-8-27(24)41-30(34,35)36/h2-9,11-13,15-17H,10,14H2,1H3,(H,37,38). The molecule has 11 heteroatoms. The van der Waals surface area contributed by atoms with Crippen molar-refractivity contribution in [3.8, 4) is 39.9 Å². The van der Waals surface area contributed by atoms with Gasteiger partial charge in [0.05, 0.1) is 5.56 Å². The van der Waals surface area contributed by atoms with Gasteiger partial charge in [-0.1, -0.05) is 30.3 Å². The molecule has 0 bridgehead atoms. The number of carbonyl (C=O) groups is 1. The molecular formula is C30H22F6O5. The van der Waals surface area contributed by atoms with Crippen molar-refractivity contribution in [2.75, 3.05) is 0 Å². The molecule has 0 saturated carbocycles. The van der Waals surface area contributed by atoms with E-state index in [0.717, 1.165) is 29.3 Å². The molecule has 0 aliphatic heterocycles. The maximum absolute atomic E-state index is 13.5. The Kier molecular flexibility index (Phi) is 8.46. The zero-order valence-electron chi connectivity index (χ0n) is 21.3. The maximum Gasteiger partial charge on any atom is 0.573 e. The van der Waals surface area contributed by atoms with E-state index >= 15 is 0 Å². The van der Waals surface area contributed by atoms with Crippen molar-refractivity contribution >= 4 is 5.97 Å². The molecule has 5 nitrogen and oxygen atoms in total. The summed E-state index contributed by atoms with van der Waals surface area (Å²) in [5.74, 6) is -0.835. The van der Waals surface area contributed by atoms with Gasteiger partial charge in [0.2, 0.25) is 0 Å². The van der Waals surface area contributed by atoms with Gasteiger partial charge in [0.25, 0.3) is 0 Å². The van der Waals surface area contributed by atoms with Gasteiger partial charge in [0.1, 0.15) is 28.7 Å². The minimum Gasteiger partial charge on any atom is -0.481 e. The first kappa shape index (κ1) is 29.3. The monoisotopic (exact) mass is 576 g/mol. The smallest absolute Gasteiger partial charge is 0.481 e. The third-order valence-electron chi connectivity index (χ3n) is 5.90. The van der Waals surface area contributed by atoms with E-state index in [0.29, 0.717) is 24.0 Å². The maximum atomic E-state index is 13.5. The van der Waals surface area contributed by atoms with Crippen LogP contribution in [-0.2, 0) is 17.4 Å². The predicted molar refractivity (Wildman–Crippen MR) is 137 cm³/mol. The molecule has 0 radical (unpaired) electrons. The molecule has 0 aliphatic rings. The number of benzene rings is 4. The minimum atomic E-state index is -5.07. The average molecular weight is 576 g/mol. The van der Waals surface area contributed by atoms with Crippen molar-refractivity contribution in [2.24, 2.45) is 0 Å². The molecule has 0 heterocycles. The van der Waals surface area contributed by atoms with Crippen molar-refractivity contribution in [3.63, 3.8) is 0 Å². The van der Waals surface area contributed by atoms with E-state index in [2.05, 4.69) is 4.74 Å². The van der Waals surface area contributed by atoms with E-state index in [1.165, 1.54) is 30.3 Å². The third-order valence-corrected chi connectivity index (χ3v) is 5.90. The number of ether oxygens (including phenoxy) is 3. The fourth-order valence-corrected chi connectivity index (χ4v) is 4.03. The van der Waals surface area contributed by atoms with Crippen molar-refractivity contribution in [1.82, 2.24) is 0 Å². The molecule has 214 valence electrons. The van der Waals surface area contributed by atoms with Gasteiger partial charge in [-0.15, -0.1) is 13.2 Å². The second-order valence-electron chi connectivity index (χ2n) is 8.91. The van der Waals surface area contributed by atoms with Crippen LogP contribution < -0.4 is 14.2 Å². The Hall–Kier alpha value is -4.67. The zero-order chi connectivity index (χ0) is 29.8. The molecule has 0 spiro atoms. The highest BCUT2D eigenvalue weighted by atomic mass is 19.4. The number of alkyl halides is 6. The van der Waals surface area contributed by atoms with Gasteiger partial charge in [-0.05, 0) is 73.0 Å². The third kappa shape index (κ3) is 7.93. The van der Waals surface area contributed by atoms with Gasteiger partial charge in [0, 0.05) is 23.6 Å². The van der Waals surface area contributed by atoms with Crippen molar-refractivity contribution in [1.29, 1.82) is 0 Å². The van der Waals surface area contributed by atoms with Crippen molar-refractivity contribution in [3.05, 3.63) is 102 Å². The summed E-state index contributed by atoms with van der Waals surface area (Å²) in [7, 11) is 0. The second kappa shape index (κ2) is 11.8. The summed E-state index contributed by atoms with van der Waals surface area (Å²) >= 11 is 0. The minimum absolute atomic E-state index is 0.0147. The zero-order valence-corrected chi connectivity index (χ0v) is 21.3. The fourth-order valence-electron chi connectivity index (χ4n) is 4.03. The largest absolute Gasteiger partial charge is 0.573 e. The number of hydrogen-bond acceptors (Lipinski definition) is 4. The van der Waals surface area contributed by atoms with Gasteiger partial charge in [0.15, 0.2) is 0 Å². The number of hydrogen-bond donors (Lipinski definition) is 1. The van der Waals surface area contributed by atoms with Crippen LogP contribution in [-0.4, -0.2) is 17.4 Å². The van der Waals surface area contributed by atoms with E-state index in [1.807, 2.05) is 6.92 Å². The molecule has 1 N–H and O–H groups in total. The lowest BCUT2D eigenvalue weighted by molar-refractivity contribution is -0.274. The first-order chi connectivity index (χ1) is 19.3. The van der Waals surface area contributed by atoms with Crippen LogP contribution in [0.1, 0.15) is 23.1 Å². The van der Waals surface area contributed by atoms with E-state index < -0.39 is 29.8 Å². The van der Waals surface area contributed by atoms with Crippen LogP contribution in [0.4, 0.5) is 26.3 Å². The van der Waals surface area contributed by atoms with E-state index in [9.17, 15) is 31.1 Å². The van der Waals surface area contributed by atoms with Crippen LogP contribution in [0.2, 0.25) is 0 Å². The summed E-state index contributed by atoms with van der Waals surface area (Å²) in [5, 5.41) is 8.90. The van der Waals surface area contributed by atoms with Gasteiger partial charge in [-0.2, -0.15) is 13.2 Å². The van der Waals surface area contributed by atoms with Crippen molar-refractivity contribution < 1.29 is 50.5 Å². The van der Waals surface area contributed by atoms with E-state index in [1.54, 1.807) is 30.3 Å². The summed E-state index contributed by atoms with van der Waals surface area (Å²) in [4.78, 5) is 10.9. The second-order valence-corrected chi connectivity index (χ2v) is 8.91. The van der Waals surface area contributed by atoms with Crippen LogP contribution in [0.5, 0.6) is 28.7 Å². The number of rotatable bonds is 9.